The number of carbonyl (C=O) groups excluding carboxylic acids is 1. The summed E-state index contributed by atoms with van der Waals surface area (Å²) in [6.07, 6.45) is 0. The second-order valence-corrected chi connectivity index (χ2v) is 7.26. The lowest BCUT2D eigenvalue weighted by Crippen LogP contribution is -2.54. The van der Waals surface area contributed by atoms with E-state index in [4.69, 9.17) is 4.74 Å². The van der Waals surface area contributed by atoms with Gasteiger partial charge in [0.1, 0.15) is 0 Å². The number of rotatable bonds is 8. The van der Waals surface area contributed by atoms with Gasteiger partial charge in [0.25, 0.3) is 0 Å². The monoisotopic (exact) mass is 381 g/mol. The van der Waals surface area contributed by atoms with E-state index in [2.05, 4.69) is 75.8 Å². The SMILES string of the molecule is COCCNC(=O)C(C)N1CCN(C(c2ccccc2)c2ccccc2)CC1. The maximum atomic E-state index is 12.4. The molecule has 28 heavy (non-hydrogen) atoms. The van der Waals surface area contributed by atoms with Crippen molar-refractivity contribution in [1.82, 2.24) is 15.1 Å². The Hall–Kier alpha value is -2.21. The summed E-state index contributed by atoms with van der Waals surface area (Å²) in [5.74, 6) is 0.0770. The van der Waals surface area contributed by atoms with Gasteiger partial charge >= 0.3 is 0 Å². The first-order chi connectivity index (χ1) is 13.7. The van der Waals surface area contributed by atoms with Crippen molar-refractivity contribution in [2.45, 2.75) is 19.0 Å². The molecule has 0 bridgehead atoms. The van der Waals surface area contributed by atoms with Crippen molar-refractivity contribution in [3.05, 3.63) is 71.8 Å². The highest BCUT2D eigenvalue weighted by Gasteiger charge is 2.29. The van der Waals surface area contributed by atoms with Crippen LogP contribution in [0.1, 0.15) is 24.1 Å². The van der Waals surface area contributed by atoms with E-state index in [-0.39, 0.29) is 18.0 Å². The quantitative estimate of drug-likeness (QED) is 0.714. The molecule has 3 rings (SSSR count). The van der Waals surface area contributed by atoms with Crippen LogP contribution >= 0.6 is 0 Å². The van der Waals surface area contributed by atoms with Crippen molar-refractivity contribution in [3.8, 4) is 0 Å². The van der Waals surface area contributed by atoms with Crippen LogP contribution in [0.15, 0.2) is 60.7 Å². The summed E-state index contributed by atoms with van der Waals surface area (Å²) in [6.45, 7) is 6.73. The first-order valence-corrected chi connectivity index (χ1v) is 10.1. The van der Waals surface area contributed by atoms with Crippen molar-refractivity contribution >= 4 is 5.91 Å². The molecule has 5 nitrogen and oxygen atoms in total. The molecular formula is C23H31N3O2. The Morgan fingerprint density at radius 2 is 1.43 bits per heavy atom. The molecular weight excluding hydrogens is 350 g/mol. The largest absolute Gasteiger partial charge is 0.383 e. The normalized spacial score (nSPS) is 16.8. The minimum absolute atomic E-state index is 0.0770. The number of hydrogen-bond acceptors (Lipinski definition) is 4. The Balaban J connectivity index is 1.65. The van der Waals surface area contributed by atoms with E-state index >= 15 is 0 Å². The van der Waals surface area contributed by atoms with Gasteiger partial charge in [-0.25, -0.2) is 0 Å². The van der Waals surface area contributed by atoms with Crippen molar-refractivity contribution < 1.29 is 9.53 Å². The van der Waals surface area contributed by atoms with Gasteiger partial charge in [-0.2, -0.15) is 0 Å². The second-order valence-electron chi connectivity index (χ2n) is 7.26. The molecule has 0 saturated carbocycles. The molecule has 1 unspecified atom stereocenters. The van der Waals surface area contributed by atoms with Gasteiger partial charge in [-0.3, -0.25) is 14.6 Å². The molecule has 0 radical (unpaired) electrons. The van der Waals surface area contributed by atoms with Crippen LogP contribution < -0.4 is 5.32 Å². The molecule has 0 spiro atoms. The Morgan fingerprint density at radius 3 is 1.93 bits per heavy atom. The van der Waals surface area contributed by atoms with Crippen molar-refractivity contribution in [2.75, 3.05) is 46.4 Å². The van der Waals surface area contributed by atoms with Crippen molar-refractivity contribution in [3.63, 3.8) is 0 Å². The van der Waals surface area contributed by atoms with E-state index in [1.165, 1.54) is 11.1 Å². The molecule has 150 valence electrons. The van der Waals surface area contributed by atoms with Gasteiger partial charge < -0.3 is 10.1 Å². The maximum Gasteiger partial charge on any atom is 0.237 e. The molecule has 1 fully saturated rings. The minimum atomic E-state index is -0.120. The van der Waals surface area contributed by atoms with Gasteiger partial charge in [0.15, 0.2) is 0 Å². The Morgan fingerprint density at radius 1 is 0.929 bits per heavy atom. The summed E-state index contributed by atoms with van der Waals surface area (Å²) in [7, 11) is 1.64. The van der Waals surface area contributed by atoms with E-state index in [1.807, 2.05) is 6.92 Å². The summed E-state index contributed by atoms with van der Waals surface area (Å²) < 4.78 is 5.01. The number of piperazine rings is 1. The average molecular weight is 382 g/mol. The van der Waals surface area contributed by atoms with Crippen LogP contribution in [0.2, 0.25) is 0 Å². The van der Waals surface area contributed by atoms with Gasteiger partial charge in [-0.05, 0) is 18.1 Å². The number of methoxy groups -OCH3 is 1. The predicted octanol–water partition coefficient (Wildman–Crippen LogP) is 2.54. The molecule has 1 heterocycles. The Kier molecular flexibility index (Phi) is 7.60. The smallest absolute Gasteiger partial charge is 0.237 e. The van der Waals surface area contributed by atoms with Crippen LogP contribution in [0, 0.1) is 0 Å². The first-order valence-electron chi connectivity index (χ1n) is 10.1. The van der Waals surface area contributed by atoms with E-state index < -0.39 is 0 Å². The Labute approximate surface area is 168 Å². The average Bonchev–Trinajstić information content (AvgIpc) is 2.75. The van der Waals surface area contributed by atoms with Crippen LogP contribution in [0.3, 0.4) is 0 Å². The zero-order valence-corrected chi connectivity index (χ0v) is 16.9. The topological polar surface area (TPSA) is 44.8 Å². The lowest BCUT2D eigenvalue weighted by Gasteiger charge is -2.41. The third-order valence-electron chi connectivity index (χ3n) is 5.48. The fourth-order valence-corrected chi connectivity index (χ4v) is 3.86. The summed E-state index contributed by atoms with van der Waals surface area (Å²) >= 11 is 0. The number of carbonyl (C=O) groups is 1. The van der Waals surface area contributed by atoms with Gasteiger partial charge in [0.05, 0.1) is 18.7 Å². The molecule has 1 aliphatic heterocycles. The third kappa shape index (κ3) is 5.19. The minimum Gasteiger partial charge on any atom is -0.383 e. The molecule has 1 saturated heterocycles. The highest BCUT2D eigenvalue weighted by atomic mass is 16.5. The van der Waals surface area contributed by atoms with Crippen molar-refractivity contribution in [2.24, 2.45) is 0 Å². The van der Waals surface area contributed by atoms with Crippen LogP contribution in [-0.4, -0.2) is 68.2 Å². The number of hydrogen-bond donors (Lipinski definition) is 1. The van der Waals surface area contributed by atoms with E-state index in [0.717, 1.165) is 26.2 Å². The van der Waals surface area contributed by atoms with Crippen LogP contribution in [0.4, 0.5) is 0 Å². The van der Waals surface area contributed by atoms with E-state index in [0.29, 0.717) is 13.2 Å². The highest BCUT2D eigenvalue weighted by molar-refractivity contribution is 5.81. The summed E-state index contributed by atoms with van der Waals surface area (Å²) in [5.41, 5.74) is 2.63. The maximum absolute atomic E-state index is 12.4. The molecule has 0 aliphatic carbocycles. The number of ether oxygens (including phenoxy) is 1. The fourth-order valence-electron chi connectivity index (χ4n) is 3.86. The molecule has 1 aliphatic rings. The number of benzene rings is 2. The highest BCUT2D eigenvalue weighted by Crippen LogP contribution is 2.29. The first kappa shape index (κ1) is 20.5. The van der Waals surface area contributed by atoms with Gasteiger partial charge in [-0.1, -0.05) is 60.7 Å². The van der Waals surface area contributed by atoms with E-state index in [1.54, 1.807) is 7.11 Å². The standard InChI is InChI=1S/C23H31N3O2/c1-19(23(27)24-13-18-28-2)25-14-16-26(17-15-25)22(20-9-5-3-6-10-20)21-11-7-4-8-12-21/h3-12,19,22H,13-18H2,1-2H3,(H,24,27). The van der Waals surface area contributed by atoms with Crippen molar-refractivity contribution in [1.29, 1.82) is 0 Å². The van der Waals surface area contributed by atoms with E-state index in [9.17, 15) is 4.79 Å². The summed E-state index contributed by atoms with van der Waals surface area (Å²) in [4.78, 5) is 17.1. The van der Waals surface area contributed by atoms with Gasteiger partial charge in [0, 0.05) is 39.8 Å². The number of nitrogens with zero attached hydrogens (tertiary/aromatic N) is 2. The molecule has 2 aromatic carbocycles. The number of amides is 1. The molecule has 1 N–H and O–H groups in total. The lowest BCUT2D eigenvalue weighted by atomic mass is 9.96. The fraction of sp³-hybridized carbons (Fsp3) is 0.435. The zero-order chi connectivity index (χ0) is 19.8. The molecule has 0 aromatic heterocycles. The zero-order valence-electron chi connectivity index (χ0n) is 16.9. The number of nitrogens with one attached hydrogen (secondary N) is 1. The van der Waals surface area contributed by atoms with Gasteiger partial charge in [-0.15, -0.1) is 0 Å². The van der Waals surface area contributed by atoms with Crippen LogP contribution in [0.5, 0.6) is 0 Å². The molecule has 2 aromatic rings. The third-order valence-corrected chi connectivity index (χ3v) is 5.48. The predicted molar refractivity (Wildman–Crippen MR) is 112 cm³/mol. The summed E-state index contributed by atoms with van der Waals surface area (Å²) in [6, 6.07) is 21.5. The second kappa shape index (κ2) is 10.4. The molecule has 1 atom stereocenters. The summed E-state index contributed by atoms with van der Waals surface area (Å²) in [5, 5.41) is 2.95. The van der Waals surface area contributed by atoms with Crippen LogP contribution in [0.25, 0.3) is 0 Å². The van der Waals surface area contributed by atoms with Gasteiger partial charge in [0.2, 0.25) is 5.91 Å². The molecule has 1 amide bonds. The molecule has 5 heteroatoms. The lowest BCUT2D eigenvalue weighted by molar-refractivity contribution is -0.126. The van der Waals surface area contributed by atoms with Crippen LogP contribution in [-0.2, 0) is 9.53 Å². The Bertz CT molecular complexity index is 676.